The number of rotatable bonds is 6. The molecule has 0 aliphatic heterocycles. The van der Waals surface area contributed by atoms with E-state index in [1.165, 1.54) is 25.7 Å². The van der Waals surface area contributed by atoms with Gasteiger partial charge in [-0.2, -0.15) is 0 Å². The minimum absolute atomic E-state index is 0.397. The summed E-state index contributed by atoms with van der Waals surface area (Å²) in [6.07, 6.45) is 7.87. The number of nitrogens with zero attached hydrogens (tertiary/aromatic N) is 2. The minimum Gasteiger partial charge on any atom is -0.481 e. The standard InChI is InChI=1S/C15H25N3O/c1-4-16-13(15(2)7-5-6-8-15)9-12-10-14(19-3)18-11-17-12/h10-11,13,16H,4-9H2,1-3H3. The third-order valence-electron chi connectivity index (χ3n) is 4.36. The zero-order chi connectivity index (χ0) is 13.7. The average molecular weight is 263 g/mol. The smallest absolute Gasteiger partial charge is 0.216 e. The molecule has 19 heavy (non-hydrogen) atoms. The van der Waals surface area contributed by atoms with Crippen molar-refractivity contribution in [3.63, 3.8) is 0 Å². The van der Waals surface area contributed by atoms with Crippen molar-refractivity contribution in [2.45, 2.75) is 52.0 Å². The Kier molecular flexibility index (Phi) is 4.75. The first-order chi connectivity index (χ1) is 9.18. The molecule has 0 bridgehead atoms. The Hall–Kier alpha value is -1.16. The van der Waals surface area contributed by atoms with Crippen molar-refractivity contribution >= 4 is 0 Å². The van der Waals surface area contributed by atoms with E-state index in [4.69, 9.17) is 4.74 Å². The number of ether oxygens (including phenoxy) is 1. The van der Waals surface area contributed by atoms with Crippen LogP contribution in [0.2, 0.25) is 0 Å². The summed E-state index contributed by atoms with van der Waals surface area (Å²) in [7, 11) is 1.65. The molecule has 1 unspecified atom stereocenters. The second kappa shape index (κ2) is 6.33. The highest BCUT2D eigenvalue weighted by atomic mass is 16.5. The quantitative estimate of drug-likeness (QED) is 0.857. The maximum absolute atomic E-state index is 5.18. The lowest BCUT2D eigenvalue weighted by atomic mass is 9.78. The molecule has 0 aromatic carbocycles. The molecule has 1 aromatic rings. The second-order valence-corrected chi connectivity index (χ2v) is 5.73. The fraction of sp³-hybridized carbons (Fsp3) is 0.733. The number of methoxy groups -OCH3 is 1. The lowest BCUT2D eigenvalue weighted by molar-refractivity contribution is 0.220. The Morgan fingerprint density at radius 1 is 1.37 bits per heavy atom. The van der Waals surface area contributed by atoms with Crippen molar-refractivity contribution in [3.05, 3.63) is 18.1 Å². The molecule has 1 aromatic heterocycles. The van der Waals surface area contributed by atoms with Gasteiger partial charge in [0.25, 0.3) is 0 Å². The van der Waals surface area contributed by atoms with Gasteiger partial charge in [-0.1, -0.05) is 26.7 Å². The molecule has 2 rings (SSSR count). The fourth-order valence-corrected chi connectivity index (χ4v) is 3.15. The SMILES string of the molecule is CCNC(Cc1cc(OC)ncn1)C1(C)CCCC1. The molecule has 4 heteroatoms. The first kappa shape index (κ1) is 14.3. The molecule has 1 fully saturated rings. The Labute approximate surface area is 116 Å². The van der Waals surface area contributed by atoms with Gasteiger partial charge in [0.1, 0.15) is 6.33 Å². The molecule has 1 aliphatic rings. The average Bonchev–Trinajstić information content (AvgIpc) is 2.87. The van der Waals surface area contributed by atoms with Gasteiger partial charge in [-0.3, -0.25) is 0 Å². The van der Waals surface area contributed by atoms with Crippen LogP contribution in [0.4, 0.5) is 0 Å². The molecule has 1 heterocycles. The Bertz CT molecular complexity index is 402. The molecule has 0 amide bonds. The number of nitrogens with one attached hydrogen (secondary N) is 1. The predicted molar refractivity (Wildman–Crippen MR) is 76.3 cm³/mol. The van der Waals surface area contributed by atoms with E-state index in [0.717, 1.165) is 18.7 Å². The number of likely N-dealkylation sites (N-methyl/N-ethyl adjacent to an activating group) is 1. The predicted octanol–water partition coefficient (Wildman–Crippen LogP) is 2.59. The topological polar surface area (TPSA) is 47.0 Å². The van der Waals surface area contributed by atoms with Gasteiger partial charge in [0.05, 0.1) is 7.11 Å². The van der Waals surface area contributed by atoms with Crippen LogP contribution < -0.4 is 10.1 Å². The van der Waals surface area contributed by atoms with Gasteiger partial charge in [0.15, 0.2) is 0 Å². The summed E-state index contributed by atoms with van der Waals surface area (Å²) in [5.41, 5.74) is 1.46. The van der Waals surface area contributed by atoms with E-state index >= 15 is 0 Å². The molecule has 4 nitrogen and oxygen atoms in total. The van der Waals surface area contributed by atoms with E-state index in [2.05, 4.69) is 29.1 Å². The van der Waals surface area contributed by atoms with Crippen LogP contribution in [0.25, 0.3) is 0 Å². The van der Waals surface area contributed by atoms with Crippen molar-refractivity contribution in [3.8, 4) is 5.88 Å². The van der Waals surface area contributed by atoms with E-state index in [0.29, 0.717) is 17.3 Å². The lowest BCUT2D eigenvalue weighted by Crippen LogP contribution is -2.43. The third kappa shape index (κ3) is 3.44. The molecule has 1 saturated carbocycles. The van der Waals surface area contributed by atoms with Crippen LogP contribution in [-0.4, -0.2) is 29.7 Å². The number of aromatic nitrogens is 2. The van der Waals surface area contributed by atoms with Crippen molar-refractivity contribution in [1.82, 2.24) is 15.3 Å². The molecule has 0 saturated heterocycles. The Balaban J connectivity index is 2.11. The zero-order valence-electron chi connectivity index (χ0n) is 12.3. The molecule has 1 atom stereocenters. The highest BCUT2D eigenvalue weighted by Crippen LogP contribution is 2.41. The maximum Gasteiger partial charge on any atom is 0.216 e. The number of hydrogen-bond donors (Lipinski definition) is 1. The van der Waals surface area contributed by atoms with Crippen molar-refractivity contribution in [2.24, 2.45) is 5.41 Å². The van der Waals surface area contributed by atoms with Gasteiger partial charge in [-0.05, 0) is 24.8 Å². The van der Waals surface area contributed by atoms with Gasteiger partial charge in [0.2, 0.25) is 5.88 Å². The summed E-state index contributed by atoms with van der Waals surface area (Å²) in [5.74, 6) is 0.650. The van der Waals surface area contributed by atoms with Crippen LogP contribution in [0, 0.1) is 5.41 Å². The summed E-state index contributed by atoms with van der Waals surface area (Å²) < 4.78 is 5.18. The van der Waals surface area contributed by atoms with E-state index in [1.54, 1.807) is 13.4 Å². The molecule has 1 aliphatic carbocycles. The lowest BCUT2D eigenvalue weighted by Gasteiger charge is -2.34. The van der Waals surface area contributed by atoms with Crippen LogP contribution >= 0.6 is 0 Å². The fourth-order valence-electron chi connectivity index (χ4n) is 3.15. The van der Waals surface area contributed by atoms with E-state index in [9.17, 15) is 0 Å². The highest BCUT2D eigenvalue weighted by Gasteiger charge is 2.36. The summed E-state index contributed by atoms with van der Waals surface area (Å²) in [6, 6.07) is 2.43. The monoisotopic (exact) mass is 263 g/mol. The van der Waals surface area contributed by atoms with Crippen molar-refractivity contribution in [1.29, 1.82) is 0 Å². The van der Waals surface area contributed by atoms with E-state index in [-0.39, 0.29) is 0 Å². The van der Waals surface area contributed by atoms with Gasteiger partial charge < -0.3 is 10.1 Å². The van der Waals surface area contributed by atoms with Crippen LogP contribution in [0.1, 0.15) is 45.2 Å². The summed E-state index contributed by atoms with van der Waals surface area (Å²) in [6.45, 7) is 5.58. The van der Waals surface area contributed by atoms with E-state index < -0.39 is 0 Å². The first-order valence-corrected chi connectivity index (χ1v) is 7.26. The summed E-state index contributed by atoms with van der Waals surface area (Å²) >= 11 is 0. The third-order valence-corrected chi connectivity index (χ3v) is 4.36. The molecule has 0 radical (unpaired) electrons. The van der Waals surface area contributed by atoms with Gasteiger partial charge in [-0.15, -0.1) is 0 Å². The normalized spacial score (nSPS) is 19.3. The van der Waals surface area contributed by atoms with Crippen LogP contribution in [0.15, 0.2) is 12.4 Å². The second-order valence-electron chi connectivity index (χ2n) is 5.73. The highest BCUT2D eigenvalue weighted by molar-refractivity contribution is 5.15. The van der Waals surface area contributed by atoms with Crippen LogP contribution in [0.3, 0.4) is 0 Å². The van der Waals surface area contributed by atoms with Crippen LogP contribution in [0.5, 0.6) is 5.88 Å². The van der Waals surface area contributed by atoms with Crippen molar-refractivity contribution < 1.29 is 4.74 Å². The van der Waals surface area contributed by atoms with Gasteiger partial charge in [0, 0.05) is 24.2 Å². The molecule has 1 N–H and O–H groups in total. The maximum atomic E-state index is 5.18. The summed E-state index contributed by atoms with van der Waals surface area (Å²) in [5, 5.41) is 3.65. The minimum atomic E-state index is 0.397. The Morgan fingerprint density at radius 3 is 2.74 bits per heavy atom. The molecular weight excluding hydrogens is 238 g/mol. The van der Waals surface area contributed by atoms with Crippen molar-refractivity contribution in [2.75, 3.05) is 13.7 Å². The number of hydrogen-bond acceptors (Lipinski definition) is 4. The van der Waals surface area contributed by atoms with Gasteiger partial charge >= 0.3 is 0 Å². The Morgan fingerprint density at radius 2 is 2.11 bits per heavy atom. The summed E-state index contributed by atoms with van der Waals surface area (Å²) in [4.78, 5) is 8.45. The first-order valence-electron chi connectivity index (χ1n) is 7.26. The zero-order valence-corrected chi connectivity index (χ0v) is 12.3. The molecule has 0 spiro atoms. The molecular formula is C15H25N3O. The van der Waals surface area contributed by atoms with Crippen LogP contribution in [-0.2, 0) is 6.42 Å². The van der Waals surface area contributed by atoms with E-state index in [1.807, 2.05) is 6.07 Å². The van der Waals surface area contributed by atoms with Gasteiger partial charge in [-0.25, -0.2) is 9.97 Å². The largest absolute Gasteiger partial charge is 0.481 e. The molecule has 106 valence electrons.